The number of nitrogens with one attached hydrogen (secondary N) is 1. The van der Waals surface area contributed by atoms with Crippen molar-refractivity contribution in [2.75, 3.05) is 5.32 Å². The number of primary amides is 1. The maximum atomic E-state index is 11.6. The maximum Gasteiger partial charge on any atom is 0.250 e. The molecule has 3 N–H and O–H groups in total. The van der Waals surface area contributed by atoms with Crippen LogP contribution in [0.1, 0.15) is 34.0 Å². The molecule has 0 aliphatic carbocycles. The van der Waals surface area contributed by atoms with Gasteiger partial charge in [0.2, 0.25) is 0 Å². The van der Waals surface area contributed by atoms with Crippen LogP contribution in [0.25, 0.3) is 0 Å². The van der Waals surface area contributed by atoms with Crippen molar-refractivity contribution in [2.24, 2.45) is 5.73 Å². The standard InChI is InChI=1S/C17H20N2O/c1-4-13-8-6-9-14(17(18)20)16(13)19-15-10-5-7-11(2)12(15)3/h5-10,19H,4H2,1-3H3,(H2,18,20). The van der Waals surface area contributed by atoms with Crippen molar-refractivity contribution in [1.82, 2.24) is 0 Å². The molecule has 2 aromatic rings. The van der Waals surface area contributed by atoms with Gasteiger partial charge in [0.05, 0.1) is 11.3 Å². The largest absolute Gasteiger partial charge is 0.366 e. The molecule has 0 radical (unpaired) electrons. The summed E-state index contributed by atoms with van der Waals surface area (Å²) in [4.78, 5) is 11.6. The molecule has 0 aliphatic rings. The van der Waals surface area contributed by atoms with Crippen LogP contribution >= 0.6 is 0 Å². The number of carbonyl (C=O) groups excluding carboxylic acids is 1. The Hall–Kier alpha value is -2.29. The smallest absolute Gasteiger partial charge is 0.250 e. The molecule has 0 saturated heterocycles. The van der Waals surface area contributed by atoms with E-state index in [0.717, 1.165) is 23.4 Å². The summed E-state index contributed by atoms with van der Waals surface area (Å²) in [5.74, 6) is -0.409. The monoisotopic (exact) mass is 268 g/mol. The van der Waals surface area contributed by atoms with Crippen molar-refractivity contribution in [3.05, 3.63) is 58.7 Å². The van der Waals surface area contributed by atoms with Gasteiger partial charge in [-0.2, -0.15) is 0 Å². The minimum Gasteiger partial charge on any atom is -0.366 e. The lowest BCUT2D eigenvalue weighted by Crippen LogP contribution is -2.14. The van der Waals surface area contributed by atoms with Crippen molar-refractivity contribution >= 4 is 17.3 Å². The second kappa shape index (κ2) is 5.78. The van der Waals surface area contributed by atoms with E-state index < -0.39 is 5.91 Å². The Morgan fingerprint density at radius 3 is 2.50 bits per heavy atom. The Morgan fingerprint density at radius 2 is 1.85 bits per heavy atom. The molecule has 0 unspecified atom stereocenters. The Kier molecular flexibility index (Phi) is 4.08. The fourth-order valence-electron chi connectivity index (χ4n) is 2.27. The van der Waals surface area contributed by atoms with E-state index in [9.17, 15) is 4.79 Å². The first-order valence-electron chi connectivity index (χ1n) is 6.79. The van der Waals surface area contributed by atoms with Gasteiger partial charge in [0.25, 0.3) is 5.91 Å². The molecule has 0 saturated carbocycles. The van der Waals surface area contributed by atoms with Gasteiger partial charge >= 0.3 is 0 Å². The topological polar surface area (TPSA) is 55.1 Å². The third kappa shape index (κ3) is 2.67. The van der Waals surface area contributed by atoms with Crippen molar-refractivity contribution in [3.63, 3.8) is 0 Å². The highest BCUT2D eigenvalue weighted by molar-refractivity contribution is 6.00. The van der Waals surface area contributed by atoms with Crippen LogP contribution in [0.3, 0.4) is 0 Å². The Bertz CT molecular complexity index is 647. The van der Waals surface area contributed by atoms with Crippen LogP contribution in [-0.2, 0) is 6.42 Å². The van der Waals surface area contributed by atoms with E-state index in [1.807, 2.05) is 24.3 Å². The molecule has 0 aromatic heterocycles. The van der Waals surface area contributed by atoms with Crippen LogP contribution < -0.4 is 11.1 Å². The second-order valence-corrected chi connectivity index (χ2v) is 4.93. The summed E-state index contributed by atoms with van der Waals surface area (Å²) in [5.41, 5.74) is 11.3. The van der Waals surface area contributed by atoms with Gasteiger partial charge in [0.15, 0.2) is 0 Å². The number of para-hydroxylation sites is 1. The first kappa shape index (κ1) is 14.1. The Labute approximate surface area is 119 Å². The lowest BCUT2D eigenvalue weighted by atomic mass is 10.0. The molecular weight excluding hydrogens is 248 g/mol. The number of aryl methyl sites for hydroxylation is 2. The van der Waals surface area contributed by atoms with Crippen molar-refractivity contribution in [3.8, 4) is 0 Å². The lowest BCUT2D eigenvalue weighted by Gasteiger charge is -2.17. The number of rotatable bonds is 4. The first-order chi connectivity index (χ1) is 9.54. The molecule has 20 heavy (non-hydrogen) atoms. The number of hydrogen-bond acceptors (Lipinski definition) is 2. The number of amides is 1. The summed E-state index contributed by atoms with van der Waals surface area (Å²) in [7, 11) is 0. The Balaban J connectivity index is 2.52. The molecule has 0 bridgehead atoms. The van der Waals surface area contributed by atoms with Gasteiger partial charge in [-0.05, 0) is 49.1 Å². The van der Waals surface area contributed by atoms with Crippen LogP contribution in [-0.4, -0.2) is 5.91 Å². The van der Waals surface area contributed by atoms with Gasteiger partial charge in [-0.3, -0.25) is 4.79 Å². The minimum atomic E-state index is -0.409. The first-order valence-corrected chi connectivity index (χ1v) is 6.79. The normalized spacial score (nSPS) is 10.3. The SMILES string of the molecule is CCc1cccc(C(N)=O)c1Nc1cccc(C)c1C. The van der Waals surface area contributed by atoms with Gasteiger partial charge in [-0.1, -0.05) is 31.2 Å². The van der Waals surface area contributed by atoms with E-state index in [1.54, 1.807) is 6.07 Å². The highest BCUT2D eigenvalue weighted by Crippen LogP contribution is 2.28. The van der Waals surface area contributed by atoms with Crippen LogP contribution in [0.2, 0.25) is 0 Å². The molecule has 104 valence electrons. The number of anilines is 2. The number of carbonyl (C=O) groups is 1. The molecule has 0 atom stereocenters. The van der Waals surface area contributed by atoms with E-state index in [2.05, 4.69) is 32.2 Å². The zero-order valence-corrected chi connectivity index (χ0v) is 12.2. The maximum absolute atomic E-state index is 11.6. The molecule has 0 spiro atoms. The fourth-order valence-corrected chi connectivity index (χ4v) is 2.27. The van der Waals surface area contributed by atoms with Crippen molar-refractivity contribution < 1.29 is 4.79 Å². The molecule has 2 rings (SSSR count). The lowest BCUT2D eigenvalue weighted by molar-refractivity contribution is 0.100. The molecule has 0 aliphatic heterocycles. The van der Waals surface area contributed by atoms with E-state index in [1.165, 1.54) is 11.1 Å². The van der Waals surface area contributed by atoms with Crippen molar-refractivity contribution in [1.29, 1.82) is 0 Å². The van der Waals surface area contributed by atoms with Crippen molar-refractivity contribution in [2.45, 2.75) is 27.2 Å². The van der Waals surface area contributed by atoms with Gasteiger partial charge in [0.1, 0.15) is 0 Å². The third-order valence-electron chi connectivity index (χ3n) is 3.66. The Morgan fingerprint density at radius 1 is 1.15 bits per heavy atom. The van der Waals surface area contributed by atoms with Crippen LogP contribution in [0.5, 0.6) is 0 Å². The highest BCUT2D eigenvalue weighted by Gasteiger charge is 2.13. The van der Waals surface area contributed by atoms with Gasteiger partial charge in [-0.15, -0.1) is 0 Å². The summed E-state index contributed by atoms with van der Waals surface area (Å²) in [6.07, 6.45) is 0.842. The van der Waals surface area contributed by atoms with Crippen LogP contribution in [0, 0.1) is 13.8 Å². The molecular formula is C17H20N2O. The average molecular weight is 268 g/mol. The van der Waals surface area contributed by atoms with Gasteiger partial charge in [0, 0.05) is 5.69 Å². The van der Waals surface area contributed by atoms with E-state index in [-0.39, 0.29) is 0 Å². The average Bonchev–Trinajstić information content (AvgIpc) is 2.43. The fraction of sp³-hybridized carbons (Fsp3) is 0.235. The molecule has 0 heterocycles. The summed E-state index contributed by atoms with van der Waals surface area (Å²) in [6.45, 7) is 6.20. The van der Waals surface area contributed by atoms with E-state index in [4.69, 9.17) is 5.73 Å². The summed E-state index contributed by atoms with van der Waals surface area (Å²) in [6, 6.07) is 11.7. The predicted octanol–water partition coefficient (Wildman–Crippen LogP) is 3.71. The minimum absolute atomic E-state index is 0.409. The van der Waals surface area contributed by atoms with E-state index in [0.29, 0.717) is 5.56 Å². The summed E-state index contributed by atoms with van der Waals surface area (Å²) < 4.78 is 0. The molecule has 0 fully saturated rings. The van der Waals surface area contributed by atoms with Crippen LogP contribution in [0.4, 0.5) is 11.4 Å². The second-order valence-electron chi connectivity index (χ2n) is 4.93. The zero-order chi connectivity index (χ0) is 14.7. The van der Waals surface area contributed by atoms with Crippen LogP contribution in [0.15, 0.2) is 36.4 Å². The molecule has 3 heteroatoms. The number of hydrogen-bond donors (Lipinski definition) is 2. The quantitative estimate of drug-likeness (QED) is 0.888. The molecule has 2 aromatic carbocycles. The number of benzene rings is 2. The third-order valence-corrected chi connectivity index (χ3v) is 3.66. The van der Waals surface area contributed by atoms with E-state index >= 15 is 0 Å². The predicted molar refractivity (Wildman–Crippen MR) is 83.5 cm³/mol. The number of nitrogens with two attached hydrogens (primary N) is 1. The van der Waals surface area contributed by atoms with Gasteiger partial charge in [-0.25, -0.2) is 0 Å². The zero-order valence-electron chi connectivity index (χ0n) is 12.2. The van der Waals surface area contributed by atoms with Gasteiger partial charge < -0.3 is 11.1 Å². The summed E-state index contributed by atoms with van der Waals surface area (Å²) in [5, 5.41) is 3.38. The highest BCUT2D eigenvalue weighted by atomic mass is 16.1. The molecule has 3 nitrogen and oxygen atoms in total. The molecule has 1 amide bonds. The summed E-state index contributed by atoms with van der Waals surface area (Å²) >= 11 is 0.